The predicted octanol–water partition coefficient (Wildman–Crippen LogP) is 7.14. The summed E-state index contributed by atoms with van der Waals surface area (Å²) < 4.78 is 13.2. The molecule has 2 heterocycles. The van der Waals surface area contributed by atoms with Crippen LogP contribution in [0.15, 0.2) is 66.7 Å². The molecule has 0 unspecified atom stereocenters. The Balaban J connectivity index is 1.45. The minimum atomic E-state index is -0.943. The second-order valence-electron chi connectivity index (χ2n) is 9.81. The van der Waals surface area contributed by atoms with Crippen molar-refractivity contribution in [3.63, 3.8) is 0 Å². The molecule has 1 N–H and O–H groups in total. The molecular formula is C31H29N3O4. The Morgan fingerprint density at radius 3 is 2.29 bits per heavy atom. The van der Waals surface area contributed by atoms with E-state index in [1.807, 2.05) is 36.4 Å². The highest BCUT2D eigenvalue weighted by Crippen LogP contribution is 2.37. The molecule has 0 radical (unpaired) electrons. The topological polar surface area (TPSA) is 86.5 Å². The van der Waals surface area contributed by atoms with Crippen LogP contribution < -0.4 is 9.47 Å². The maximum atomic E-state index is 11.6. The zero-order chi connectivity index (χ0) is 26.2. The van der Waals surface area contributed by atoms with Gasteiger partial charge in [-0.25, -0.2) is 14.8 Å². The highest BCUT2D eigenvalue weighted by molar-refractivity contribution is 5.94. The van der Waals surface area contributed by atoms with Crippen LogP contribution in [0.1, 0.15) is 48.5 Å². The number of fused-ring (bicyclic) bond motifs is 2. The summed E-state index contributed by atoms with van der Waals surface area (Å²) in [4.78, 5) is 21.5. The fraction of sp³-hybridized carbons (Fsp3) is 0.258. The average Bonchev–Trinajstić information content (AvgIpc) is 3.35. The van der Waals surface area contributed by atoms with Gasteiger partial charge in [0.15, 0.2) is 0 Å². The highest BCUT2D eigenvalue weighted by atomic mass is 16.5. The number of aromatic nitrogens is 3. The maximum Gasteiger partial charge on any atom is 0.335 e. The van der Waals surface area contributed by atoms with Crippen LogP contribution in [0.25, 0.3) is 44.6 Å². The van der Waals surface area contributed by atoms with Crippen LogP contribution in [0.4, 0.5) is 0 Å². The molecule has 0 aliphatic heterocycles. The van der Waals surface area contributed by atoms with Gasteiger partial charge in [-0.1, -0.05) is 25.3 Å². The number of carboxylic acids is 1. The molecular weight excluding hydrogens is 478 g/mol. The van der Waals surface area contributed by atoms with E-state index in [-0.39, 0.29) is 5.56 Å². The van der Waals surface area contributed by atoms with Crippen LogP contribution in [0, 0.1) is 0 Å². The van der Waals surface area contributed by atoms with Crippen LogP contribution in [0.3, 0.4) is 0 Å². The first kappa shape index (κ1) is 24.0. The number of methoxy groups -OCH3 is 2. The summed E-state index contributed by atoms with van der Waals surface area (Å²) in [7, 11) is 3.27. The van der Waals surface area contributed by atoms with Gasteiger partial charge in [-0.05, 0) is 67.4 Å². The normalized spacial score (nSPS) is 14.2. The van der Waals surface area contributed by atoms with E-state index < -0.39 is 5.97 Å². The number of carboxylic acid groups (broad SMARTS) is 1. The summed E-state index contributed by atoms with van der Waals surface area (Å²) in [5.41, 5.74) is 5.57. The van der Waals surface area contributed by atoms with Gasteiger partial charge in [-0.2, -0.15) is 0 Å². The molecule has 0 atom stereocenters. The van der Waals surface area contributed by atoms with Crippen molar-refractivity contribution in [2.75, 3.05) is 14.2 Å². The van der Waals surface area contributed by atoms with Crippen molar-refractivity contribution in [1.82, 2.24) is 14.5 Å². The molecule has 7 nitrogen and oxygen atoms in total. The molecule has 0 saturated heterocycles. The molecule has 2 aromatic heterocycles. The fourth-order valence-corrected chi connectivity index (χ4v) is 5.53. The van der Waals surface area contributed by atoms with E-state index in [0.29, 0.717) is 23.1 Å². The van der Waals surface area contributed by atoms with Crippen molar-refractivity contribution in [3.8, 4) is 34.1 Å². The minimum absolute atomic E-state index is 0.252. The average molecular weight is 508 g/mol. The lowest BCUT2D eigenvalue weighted by Crippen LogP contribution is -2.14. The third kappa shape index (κ3) is 4.34. The minimum Gasteiger partial charge on any atom is -0.497 e. The van der Waals surface area contributed by atoms with Crippen molar-refractivity contribution in [2.45, 2.75) is 38.1 Å². The van der Waals surface area contributed by atoms with Crippen molar-refractivity contribution < 1.29 is 19.4 Å². The second-order valence-corrected chi connectivity index (χ2v) is 9.81. The molecule has 0 bridgehead atoms. The Kier molecular flexibility index (Phi) is 6.19. The third-order valence-corrected chi connectivity index (χ3v) is 7.47. The molecule has 0 spiro atoms. The number of aromatic carboxylic acids is 1. The van der Waals surface area contributed by atoms with E-state index >= 15 is 0 Å². The zero-order valence-electron chi connectivity index (χ0n) is 21.5. The highest BCUT2D eigenvalue weighted by Gasteiger charge is 2.23. The van der Waals surface area contributed by atoms with E-state index in [1.54, 1.807) is 26.4 Å². The number of imidazole rings is 1. The lowest BCUT2D eigenvalue weighted by atomic mass is 9.94. The standard InChI is InChI=1S/C31H29N3O4/c1-37-24-15-22(16-25(18-24)38-2)27-11-8-19-14-20(9-12-26(19)32-27)30-33-28-17-21(31(35)36)10-13-29(28)34(30)23-6-4-3-5-7-23/h8-18,23H,3-7H2,1-2H3,(H,35,36). The van der Waals surface area contributed by atoms with Gasteiger partial charge in [0.05, 0.1) is 42.0 Å². The number of hydrogen-bond donors (Lipinski definition) is 1. The van der Waals surface area contributed by atoms with Gasteiger partial charge in [0.25, 0.3) is 0 Å². The monoisotopic (exact) mass is 507 g/mol. The lowest BCUT2D eigenvalue weighted by Gasteiger charge is -2.25. The van der Waals surface area contributed by atoms with Crippen molar-refractivity contribution in [2.24, 2.45) is 0 Å². The first-order chi connectivity index (χ1) is 18.5. The van der Waals surface area contributed by atoms with Gasteiger partial charge in [0, 0.05) is 28.6 Å². The maximum absolute atomic E-state index is 11.6. The molecule has 7 heteroatoms. The summed E-state index contributed by atoms with van der Waals surface area (Å²) >= 11 is 0. The summed E-state index contributed by atoms with van der Waals surface area (Å²) in [5.74, 6) is 1.35. The number of rotatable bonds is 6. The van der Waals surface area contributed by atoms with Gasteiger partial charge >= 0.3 is 5.97 Å². The summed E-state index contributed by atoms with van der Waals surface area (Å²) in [5, 5.41) is 10.5. The first-order valence-corrected chi connectivity index (χ1v) is 12.9. The van der Waals surface area contributed by atoms with E-state index in [0.717, 1.165) is 51.9 Å². The molecule has 5 aromatic rings. The van der Waals surface area contributed by atoms with E-state index in [9.17, 15) is 9.90 Å². The largest absolute Gasteiger partial charge is 0.497 e. The van der Waals surface area contributed by atoms with Gasteiger partial charge in [-0.15, -0.1) is 0 Å². The predicted molar refractivity (Wildman–Crippen MR) is 148 cm³/mol. The number of nitrogens with zero attached hydrogens (tertiary/aromatic N) is 3. The molecule has 1 aliphatic rings. The number of hydrogen-bond acceptors (Lipinski definition) is 5. The fourth-order valence-electron chi connectivity index (χ4n) is 5.53. The molecule has 1 aliphatic carbocycles. The van der Waals surface area contributed by atoms with Crippen molar-refractivity contribution >= 4 is 27.9 Å². The van der Waals surface area contributed by atoms with E-state index in [4.69, 9.17) is 19.4 Å². The molecule has 3 aromatic carbocycles. The Bertz CT molecular complexity index is 1650. The Labute approximate surface area is 220 Å². The zero-order valence-corrected chi connectivity index (χ0v) is 21.5. The Morgan fingerprint density at radius 2 is 1.58 bits per heavy atom. The first-order valence-electron chi connectivity index (χ1n) is 12.9. The lowest BCUT2D eigenvalue weighted by molar-refractivity contribution is 0.0697. The van der Waals surface area contributed by atoms with E-state index in [1.165, 1.54) is 19.3 Å². The smallest absolute Gasteiger partial charge is 0.335 e. The van der Waals surface area contributed by atoms with Crippen molar-refractivity contribution in [3.05, 3.63) is 72.3 Å². The molecule has 0 amide bonds. The second kappa shape index (κ2) is 9.82. The number of pyridine rings is 1. The third-order valence-electron chi connectivity index (χ3n) is 7.47. The SMILES string of the molecule is COc1cc(OC)cc(-c2ccc3cc(-c4nc5cc(C(=O)O)ccc5n4C4CCCCC4)ccc3n2)c1. The van der Waals surface area contributed by atoms with Gasteiger partial charge in [0.1, 0.15) is 17.3 Å². The number of ether oxygens (including phenoxy) is 2. The summed E-state index contributed by atoms with van der Waals surface area (Å²) in [6, 6.07) is 21.6. The molecule has 38 heavy (non-hydrogen) atoms. The van der Waals surface area contributed by atoms with E-state index in [2.05, 4.69) is 22.8 Å². The number of benzene rings is 3. The Morgan fingerprint density at radius 1 is 0.816 bits per heavy atom. The van der Waals surface area contributed by atoms with Crippen molar-refractivity contribution in [1.29, 1.82) is 0 Å². The molecule has 192 valence electrons. The van der Waals surface area contributed by atoms with Gasteiger partial charge in [0.2, 0.25) is 0 Å². The van der Waals surface area contributed by atoms with Crippen LogP contribution in [-0.4, -0.2) is 39.8 Å². The Hall–Kier alpha value is -4.39. The quantitative estimate of drug-likeness (QED) is 0.263. The van der Waals surface area contributed by atoms with Gasteiger partial charge in [-0.3, -0.25) is 0 Å². The number of carbonyl (C=O) groups is 1. The molecule has 6 rings (SSSR count). The molecule has 1 fully saturated rings. The van der Waals surface area contributed by atoms with Crippen LogP contribution in [0.5, 0.6) is 11.5 Å². The van der Waals surface area contributed by atoms with Crippen LogP contribution in [0.2, 0.25) is 0 Å². The van der Waals surface area contributed by atoms with Crippen LogP contribution in [-0.2, 0) is 0 Å². The van der Waals surface area contributed by atoms with Gasteiger partial charge < -0.3 is 19.1 Å². The summed E-state index contributed by atoms with van der Waals surface area (Å²) in [6.07, 6.45) is 5.83. The van der Waals surface area contributed by atoms with Crippen LogP contribution >= 0.6 is 0 Å². The molecule has 1 saturated carbocycles. The summed E-state index contributed by atoms with van der Waals surface area (Å²) in [6.45, 7) is 0.